The fourth-order valence-corrected chi connectivity index (χ4v) is 1.74. The summed E-state index contributed by atoms with van der Waals surface area (Å²) < 4.78 is 38.1. The molecule has 1 aromatic heterocycles. The van der Waals surface area contributed by atoms with Crippen molar-refractivity contribution in [1.29, 1.82) is 0 Å². The van der Waals surface area contributed by atoms with E-state index in [0.717, 1.165) is 6.07 Å². The third-order valence-electron chi connectivity index (χ3n) is 2.40. The summed E-state index contributed by atoms with van der Waals surface area (Å²) in [6, 6.07) is 3.91. The van der Waals surface area contributed by atoms with Crippen LogP contribution in [0.1, 0.15) is 11.1 Å². The zero-order valence-electron chi connectivity index (χ0n) is 8.14. The van der Waals surface area contributed by atoms with E-state index in [-0.39, 0.29) is 11.8 Å². The van der Waals surface area contributed by atoms with E-state index in [4.69, 9.17) is 0 Å². The van der Waals surface area contributed by atoms with Crippen LogP contribution in [0.25, 0.3) is 10.9 Å². The molecule has 0 spiro atoms. The van der Waals surface area contributed by atoms with Crippen LogP contribution in [-0.2, 0) is 17.4 Å². The van der Waals surface area contributed by atoms with Crippen LogP contribution < -0.4 is 0 Å². The van der Waals surface area contributed by atoms with E-state index in [2.05, 4.69) is 4.98 Å². The molecule has 0 aliphatic rings. The van der Waals surface area contributed by atoms with Gasteiger partial charge in [-0.3, -0.25) is 0 Å². The first-order valence-corrected chi connectivity index (χ1v) is 4.64. The molecular weight excluding hydrogens is 219 g/mol. The summed E-state index contributed by atoms with van der Waals surface area (Å²) in [7, 11) is 0. The number of aromatic nitrogens is 1. The average molecular weight is 227 g/mol. The second kappa shape index (κ2) is 3.66. The Morgan fingerprint density at radius 1 is 1.31 bits per heavy atom. The number of halogens is 3. The van der Waals surface area contributed by atoms with Gasteiger partial charge in [-0.25, -0.2) is 0 Å². The summed E-state index contributed by atoms with van der Waals surface area (Å²) in [4.78, 5) is 13.1. The normalized spacial score (nSPS) is 11.9. The molecule has 5 heteroatoms. The van der Waals surface area contributed by atoms with Gasteiger partial charge >= 0.3 is 6.18 Å². The number of aldehydes is 1. The van der Waals surface area contributed by atoms with E-state index in [1.165, 1.54) is 12.3 Å². The van der Waals surface area contributed by atoms with Gasteiger partial charge in [-0.2, -0.15) is 13.2 Å². The first-order valence-electron chi connectivity index (χ1n) is 4.64. The average Bonchev–Trinajstić information content (AvgIpc) is 2.61. The lowest BCUT2D eigenvalue weighted by Crippen LogP contribution is -2.06. The lowest BCUT2D eigenvalue weighted by molar-refractivity contribution is -0.136. The Kier molecular flexibility index (Phi) is 2.46. The number of hydrogen-bond donors (Lipinski definition) is 1. The van der Waals surface area contributed by atoms with Gasteiger partial charge in [0, 0.05) is 23.5 Å². The minimum Gasteiger partial charge on any atom is -0.361 e. The molecule has 1 N–H and O–H groups in total. The first-order chi connectivity index (χ1) is 7.54. The maximum absolute atomic E-state index is 12.7. The molecule has 84 valence electrons. The molecule has 16 heavy (non-hydrogen) atoms. The number of H-pyrrole nitrogens is 1. The highest BCUT2D eigenvalue weighted by Crippen LogP contribution is 2.36. The highest BCUT2D eigenvalue weighted by molar-refractivity contribution is 5.88. The Morgan fingerprint density at radius 2 is 2.06 bits per heavy atom. The van der Waals surface area contributed by atoms with Gasteiger partial charge in [0.1, 0.15) is 6.29 Å². The molecule has 0 aliphatic carbocycles. The van der Waals surface area contributed by atoms with Crippen LogP contribution in [0.5, 0.6) is 0 Å². The molecule has 0 aliphatic heterocycles. The van der Waals surface area contributed by atoms with Crippen molar-refractivity contribution in [3.8, 4) is 0 Å². The third kappa shape index (κ3) is 1.68. The van der Waals surface area contributed by atoms with Gasteiger partial charge in [-0.05, 0) is 17.7 Å². The second-order valence-electron chi connectivity index (χ2n) is 3.41. The van der Waals surface area contributed by atoms with Crippen molar-refractivity contribution in [3.05, 3.63) is 35.5 Å². The van der Waals surface area contributed by atoms with Crippen molar-refractivity contribution in [2.24, 2.45) is 0 Å². The monoisotopic (exact) mass is 227 g/mol. The van der Waals surface area contributed by atoms with Gasteiger partial charge in [-0.15, -0.1) is 0 Å². The van der Waals surface area contributed by atoms with E-state index < -0.39 is 11.7 Å². The van der Waals surface area contributed by atoms with Crippen molar-refractivity contribution >= 4 is 17.2 Å². The number of benzene rings is 1. The molecule has 2 nitrogen and oxygen atoms in total. The molecule has 0 saturated carbocycles. The number of hydrogen-bond acceptors (Lipinski definition) is 1. The molecule has 0 saturated heterocycles. The topological polar surface area (TPSA) is 32.9 Å². The highest BCUT2D eigenvalue weighted by atomic mass is 19.4. The summed E-state index contributed by atoms with van der Waals surface area (Å²) in [5.74, 6) is 0. The van der Waals surface area contributed by atoms with Crippen molar-refractivity contribution in [2.45, 2.75) is 12.6 Å². The molecule has 0 atom stereocenters. The largest absolute Gasteiger partial charge is 0.417 e. The van der Waals surface area contributed by atoms with Crippen molar-refractivity contribution < 1.29 is 18.0 Å². The van der Waals surface area contributed by atoms with E-state index in [1.54, 1.807) is 6.07 Å². The van der Waals surface area contributed by atoms with Crippen LogP contribution in [0.3, 0.4) is 0 Å². The number of nitrogens with one attached hydrogen (secondary N) is 1. The Balaban J connectivity index is 2.73. The molecule has 0 radical (unpaired) electrons. The zero-order valence-corrected chi connectivity index (χ0v) is 8.14. The number of carbonyl (C=O) groups is 1. The molecule has 1 heterocycles. The van der Waals surface area contributed by atoms with Crippen LogP contribution in [0.15, 0.2) is 24.4 Å². The maximum Gasteiger partial charge on any atom is 0.417 e. The van der Waals surface area contributed by atoms with E-state index >= 15 is 0 Å². The minimum atomic E-state index is -4.40. The molecule has 1 aromatic carbocycles. The number of carbonyl (C=O) groups excluding carboxylic acids is 1. The Hall–Kier alpha value is -1.78. The van der Waals surface area contributed by atoms with Gasteiger partial charge in [0.15, 0.2) is 0 Å². The standard InChI is InChI=1S/C11H8F3NO/c12-11(13,14)8-2-1-3-9-10(8)7(4-5-16)6-15-9/h1-3,5-6,15H,4H2. The summed E-state index contributed by atoms with van der Waals surface area (Å²) in [6.45, 7) is 0. The second-order valence-corrected chi connectivity index (χ2v) is 3.41. The van der Waals surface area contributed by atoms with Crippen molar-refractivity contribution in [1.82, 2.24) is 4.98 Å². The van der Waals surface area contributed by atoms with Gasteiger partial charge in [-0.1, -0.05) is 6.07 Å². The SMILES string of the molecule is O=CCc1c[nH]c2cccc(C(F)(F)F)c12. The van der Waals surface area contributed by atoms with E-state index in [0.29, 0.717) is 17.4 Å². The van der Waals surface area contributed by atoms with Gasteiger partial charge in [0.25, 0.3) is 0 Å². The Bertz CT molecular complexity index is 527. The summed E-state index contributed by atoms with van der Waals surface area (Å²) in [5.41, 5.74) is 0.0627. The van der Waals surface area contributed by atoms with Gasteiger partial charge in [0.2, 0.25) is 0 Å². The van der Waals surface area contributed by atoms with Crippen molar-refractivity contribution in [2.75, 3.05) is 0 Å². The Morgan fingerprint density at radius 3 is 2.69 bits per heavy atom. The number of fused-ring (bicyclic) bond motifs is 1. The summed E-state index contributed by atoms with van der Waals surface area (Å²) >= 11 is 0. The van der Waals surface area contributed by atoms with Crippen LogP contribution in [0.4, 0.5) is 13.2 Å². The molecule has 2 aromatic rings. The molecule has 0 unspecified atom stereocenters. The summed E-state index contributed by atoms with van der Waals surface area (Å²) in [6.07, 6.45) is -2.39. The van der Waals surface area contributed by atoms with Crippen LogP contribution in [0.2, 0.25) is 0 Å². The molecule has 0 amide bonds. The zero-order chi connectivity index (χ0) is 11.8. The predicted molar refractivity (Wildman–Crippen MR) is 53.1 cm³/mol. The molecular formula is C11H8F3NO. The number of aromatic amines is 1. The summed E-state index contributed by atoms with van der Waals surface area (Å²) in [5, 5.41) is 0.0853. The molecule has 2 rings (SSSR count). The minimum absolute atomic E-state index is 0.0207. The first kappa shape index (κ1) is 10.7. The van der Waals surface area contributed by atoms with Gasteiger partial charge < -0.3 is 9.78 Å². The van der Waals surface area contributed by atoms with Crippen LogP contribution in [0, 0.1) is 0 Å². The number of rotatable bonds is 2. The van der Waals surface area contributed by atoms with Crippen molar-refractivity contribution in [3.63, 3.8) is 0 Å². The molecule has 0 bridgehead atoms. The van der Waals surface area contributed by atoms with E-state index in [9.17, 15) is 18.0 Å². The van der Waals surface area contributed by atoms with Crippen LogP contribution >= 0.6 is 0 Å². The molecule has 0 fully saturated rings. The lowest BCUT2D eigenvalue weighted by atomic mass is 10.0. The highest BCUT2D eigenvalue weighted by Gasteiger charge is 2.33. The maximum atomic E-state index is 12.7. The predicted octanol–water partition coefficient (Wildman–Crippen LogP) is 2.93. The smallest absolute Gasteiger partial charge is 0.361 e. The van der Waals surface area contributed by atoms with Gasteiger partial charge in [0.05, 0.1) is 5.56 Å². The van der Waals surface area contributed by atoms with E-state index in [1.807, 2.05) is 0 Å². The third-order valence-corrected chi connectivity index (χ3v) is 2.40. The lowest BCUT2D eigenvalue weighted by Gasteiger charge is -2.08. The van der Waals surface area contributed by atoms with Crippen LogP contribution in [-0.4, -0.2) is 11.3 Å². The number of alkyl halides is 3. The quantitative estimate of drug-likeness (QED) is 0.786. The fraction of sp³-hybridized carbons (Fsp3) is 0.182. The Labute approximate surface area is 89.1 Å². The fourth-order valence-electron chi connectivity index (χ4n) is 1.74.